The number of hydrogen-bond acceptors (Lipinski definition) is 3. The van der Waals surface area contributed by atoms with Crippen LogP contribution in [0.4, 0.5) is 5.69 Å². The van der Waals surface area contributed by atoms with Crippen molar-refractivity contribution >= 4 is 11.8 Å². The smallest absolute Gasteiger partial charge is 0.106 e. The number of allylic oxidation sites excluding steroid dienone is 2. The van der Waals surface area contributed by atoms with Crippen molar-refractivity contribution < 1.29 is 0 Å². The molecule has 2 N–H and O–H groups in total. The van der Waals surface area contributed by atoms with Crippen molar-refractivity contribution in [3.05, 3.63) is 47.8 Å². The van der Waals surface area contributed by atoms with E-state index in [9.17, 15) is 0 Å². The van der Waals surface area contributed by atoms with Gasteiger partial charge in [0.05, 0.1) is 0 Å². The maximum absolute atomic E-state index is 3.53. The molecule has 17 heavy (non-hydrogen) atoms. The summed E-state index contributed by atoms with van der Waals surface area (Å²) in [5, 5.41) is 6.90. The average Bonchev–Trinajstić information content (AvgIpc) is 2.62. The molecule has 3 heteroatoms. The Bertz CT molecular complexity index is 456. The van der Waals surface area contributed by atoms with Crippen molar-refractivity contribution in [2.24, 2.45) is 0 Å². The van der Waals surface area contributed by atoms with Crippen LogP contribution in [-0.4, -0.2) is 31.1 Å². The van der Waals surface area contributed by atoms with Crippen LogP contribution in [0.25, 0.3) is 6.08 Å². The van der Waals surface area contributed by atoms with E-state index in [4.69, 9.17) is 0 Å². The summed E-state index contributed by atoms with van der Waals surface area (Å²) < 4.78 is 0. The lowest BCUT2D eigenvalue weighted by molar-refractivity contribution is 0.302. The van der Waals surface area contributed by atoms with Crippen molar-refractivity contribution in [2.75, 3.05) is 31.5 Å². The maximum Gasteiger partial charge on any atom is 0.106 e. The van der Waals surface area contributed by atoms with Crippen molar-refractivity contribution in [1.82, 2.24) is 10.2 Å². The summed E-state index contributed by atoms with van der Waals surface area (Å²) in [4.78, 5) is 2.39. The summed E-state index contributed by atoms with van der Waals surface area (Å²) in [6, 6.07) is 8.40. The number of anilines is 1. The Morgan fingerprint density at radius 2 is 1.88 bits per heavy atom. The normalized spacial score (nSPS) is 19.1. The summed E-state index contributed by atoms with van der Waals surface area (Å²) in [6.07, 6.45) is 6.43. The zero-order valence-corrected chi connectivity index (χ0v) is 9.82. The quantitative estimate of drug-likeness (QED) is 0.767. The summed E-state index contributed by atoms with van der Waals surface area (Å²) in [5.74, 6) is 1.20. The predicted octanol–water partition coefficient (Wildman–Crippen LogP) is 1.87. The summed E-state index contributed by atoms with van der Waals surface area (Å²) in [5.41, 5.74) is 2.43. The Kier molecular flexibility index (Phi) is 2.84. The van der Waals surface area contributed by atoms with Crippen LogP contribution in [0.15, 0.2) is 42.2 Å². The van der Waals surface area contributed by atoms with E-state index in [1.54, 1.807) is 0 Å². The lowest BCUT2D eigenvalue weighted by atomic mass is 10.2. The number of piperazine rings is 1. The topological polar surface area (TPSA) is 27.3 Å². The van der Waals surface area contributed by atoms with E-state index in [1.807, 2.05) is 0 Å². The molecule has 0 atom stereocenters. The first-order chi connectivity index (χ1) is 8.43. The second-order valence-electron chi connectivity index (χ2n) is 4.36. The molecule has 1 saturated heterocycles. The van der Waals surface area contributed by atoms with Gasteiger partial charge in [0.2, 0.25) is 0 Å². The Morgan fingerprint density at radius 3 is 2.76 bits per heavy atom. The van der Waals surface area contributed by atoms with Gasteiger partial charge in [0.1, 0.15) is 5.82 Å². The van der Waals surface area contributed by atoms with Gasteiger partial charge in [-0.2, -0.15) is 0 Å². The van der Waals surface area contributed by atoms with Crippen LogP contribution in [-0.2, 0) is 0 Å². The van der Waals surface area contributed by atoms with Crippen molar-refractivity contribution in [2.45, 2.75) is 0 Å². The lowest BCUT2D eigenvalue weighted by Gasteiger charge is -2.31. The van der Waals surface area contributed by atoms with E-state index >= 15 is 0 Å². The van der Waals surface area contributed by atoms with Gasteiger partial charge in [-0.1, -0.05) is 30.4 Å². The fourth-order valence-electron chi connectivity index (χ4n) is 2.27. The summed E-state index contributed by atoms with van der Waals surface area (Å²) in [6.45, 7) is 4.25. The molecule has 2 heterocycles. The van der Waals surface area contributed by atoms with E-state index < -0.39 is 0 Å². The minimum absolute atomic E-state index is 1.06. The van der Waals surface area contributed by atoms with Crippen LogP contribution >= 0.6 is 0 Å². The summed E-state index contributed by atoms with van der Waals surface area (Å²) in [7, 11) is 0. The van der Waals surface area contributed by atoms with Gasteiger partial charge in [-0.25, -0.2) is 0 Å². The zero-order valence-electron chi connectivity index (χ0n) is 9.82. The molecule has 2 aliphatic rings. The van der Waals surface area contributed by atoms with Crippen LogP contribution in [0.1, 0.15) is 5.56 Å². The molecule has 0 aromatic heterocycles. The SMILES string of the molecule is C1=Cc2ccccc2NC(N2CCNCC2)=C1. The Balaban J connectivity index is 1.84. The van der Waals surface area contributed by atoms with Gasteiger partial charge in [0.25, 0.3) is 0 Å². The van der Waals surface area contributed by atoms with Crippen LogP contribution in [0.5, 0.6) is 0 Å². The van der Waals surface area contributed by atoms with Crippen LogP contribution < -0.4 is 10.6 Å². The first-order valence-corrected chi connectivity index (χ1v) is 6.13. The molecule has 2 aliphatic heterocycles. The van der Waals surface area contributed by atoms with E-state index in [-0.39, 0.29) is 0 Å². The van der Waals surface area contributed by atoms with Crippen LogP contribution in [0, 0.1) is 0 Å². The molecule has 3 rings (SSSR count). The Hall–Kier alpha value is -1.74. The van der Waals surface area contributed by atoms with Crippen molar-refractivity contribution in [1.29, 1.82) is 0 Å². The molecule has 0 amide bonds. The molecule has 0 aliphatic carbocycles. The number of rotatable bonds is 1. The summed E-state index contributed by atoms with van der Waals surface area (Å²) >= 11 is 0. The van der Waals surface area contributed by atoms with Gasteiger partial charge in [0.15, 0.2) is 0 Å². The van der Waals surface area contributed by atoms with Crippen molar-refractivity contribution in [3.63, 3.8) is 0 Å². The predicted molar refractivity (Wildman–Crippen MR) is 71.6 cm³/mol. The highest BCUT2D eigenvalue weighted by molar-refractivity contribution is 5.70. The highest BCUT2D eigenvalue weighted by atomic mass is 15.3. The molecule has 0 saturated carbocycles. The zero-order chi connectivity index (χ0) is 11.5. The highest BCUT2D eigenvalue weighted by Crippen LogP contribution is 2.22. The van der Waals surface area contributed by atoms with Crippen molar-refractivity contribution in [3.8, 4) is 0 Å². The van der Waals surface area contributed by atoms with Gasteiger partial charge in [-0.3, -0.25) is 0 Å². The van der Waals surface area contributed by atoms with Gasteiger partial charge >= 0.3 is 0 Å². The van der Waals surface area contributed by atoms with Gasteiger partial charge in [0, 0.05) is 31.9 Å². The van der Waals surface area contributed by atoms with Crippen LogP contribution in [0.3, 0.4) is 0 Å². The molecular weight excluding hydrogens is 210 g/mol. The minimum Gasteiger partial charge on any atom is -0.356 e. The van der Waals surface area contributed by atoms with E-state index in [2.05, 4.69) is 58.0 Å². The van der Waals surface area contributed by atoms with Gasteiger partial charge in [-0.05, 0) is 17.7 Å². The molecular formula is C14H17N3. The number of benzene rings is 1. The largest absolute Gasteiger partial charge is 0.356 e. The number of hydrogen-bond donors (Lipinski definition) is 2. The number of fused-ring (bicyclic) bond motifs is 1. The average molecular weight is 227 g/mol. The Labute approximate surface area is 102 Å². The van der Waals surface area contributed by atoms with Gasteiger partial charge < -0.3 is 15.5 Å². The molecule has 0 spiro atoms. The molecule has 3 nitrogen and oxygen atoms in total. The molecule has 88 valence electrons. The first-order valence-electron chi connectivity index (χ1n) is 6.13. The number of nitrogens with one attached hydrogen (secondary N) is 2. The number of nitrogens with zero attached hydrogens (tertiary/aromatic N) is 1. The lowest BCUT2D eigenvalue weighted by Crippen LogP contribution is -2.44. The third-order valence-electron chi connectivity index (χ3n) is 3.21. The third kappa shape index (κ3) is 2.19. The maximum atomic E-state index is 3.53. The molecule has 1 aromatic carbocycles. The Morgan fingerprint density at radius 1 is 1.06 bits per heavy atom. The van der Waals surface area contributed by atoms with E-state index in [0.29, 0.717) is 0 Å². The minimum atomic E-state index is 1.06. The molecule has 1 aromatic rings. The molecule has 0 bridgehead atoms. The monoisotopic (exact) mass is 227 g/mol. The van der Waals surface area contributed by atoms with Gasteiger partial charge in [-0.15, -0.1) is 0 Å². The third-order valence-corrected chi connectivity index (χ3v) is 3.21. The second kappa shape index (κ2) is 4.63. The number of para-hydroxylation sites is 1. The molecule has 0 radical (unpaired) electrons. The highest BCUT2D eigenvalue weighted by Gasteiger charge is 2.14. The standard InChI is InChI=1S/C14H17N3/c1-2-6-13-12(4-1)5-3-7-14(16-13)17-10-8-15-9-11-17/h1-7,15-16H,8-11H2. The fourth-order valence-corrected chi connectivity index (χ4v) is 2.27. The molecule has 1 fully saturated rings. The second-order valence-corrected chi connectivity index (χ2v) is 4.36. The van der Waals surface area contributed by atoms with E-state index in [1.165, 1.54) is 17.1 Å². The first kappa shape index (κ1) is 10.4. The fraction of sp³-hybridized carbons (Fsp3) is 0.286. The van der Waals surface area contributed by atoms with E-state index in [0.717, 1.165) is 26.2 Å². The molecule has 0 unspecified atom stereocenters. The van der Waals surface area contributed by atoms with Crippen LogP contribution in [0.2, 0.25) is 0 Å².